The maximum absolute atomic E-state index is 10.3. The molecule has 3 atom stereocenters. The van der Waals surface area contributed by atoms with Crippen molar-refractivity contribution in [3.8, 4) is 0 Å². The average Bonchev–Trinajstić information content (AvgIpc) is 2.58. The van der Waals surface area contributed by atoms with Crippen molar-refractivity contribution >= 4 is 8.32 Å². The van der Waals surface area contributed by atoms with Gasteiger partial charge in [-0.3, -0.25) is 0 Å². The molecule has 0 rings (SSSR count). The van der Waals surface area contributed by atoms with Gasteiger partial charge in [0, 0.05) is 13.2 Å². The summed E-state index contributed by atoms with van der Waals surface area (Å²) >= 11 is 0. The fraction of sp³-hybridized carbons (Fsp3) is 0.917. The van der Waals surface area contributed by atoms with Crippen molar-refractivity contribution in [3.05, 3.63) is 12.7 Å². The van der Waals surface area contributed by atoms with Gasteiger partial charge in [0.1, 0.15) is 0 Å². The molecule has 168 valence electrons. The van der Waals surface area contributed by atoms with Gasteiger partial charge >= 0.3 is 0 Å². The van der Waals surface area contributed by atoms with Crippen molar-refractivity contribution in [1.29, 1.82) is 0 Å². The zero-order chi connectivity index (χ0) is 21.6. The fourth-order valence-electron chi connectivity index (χ4n) is 3.33. The summed E-state index contributed by atoms with van der Waals surface area (Å²) in [6.45, 7) is 17.4. The Morgan fingerprint density at radius 2 is 1.54 bits per heavy atom. The first-order valence-corrected chi connectivity index (χ1v) is 14.5. The summed E-state index contributed by atoms with van der Waals surface area (Å²) in [4.78, 5) is 0. The molecule has 0 spiro atoms. The summed E-state index contributed by atoms with van der Waals surface area (Å²) in [6, 6.07) is 0. The molecule has 0 aliphatic heterocycles. The van der Waals surface area contributed by atoms with Crippen molar-refractivity contribution in [3.63, 3.8) is 0 Å². The lowest BCUT2D eigenvalue weighted by Gasteiger charge is -2.40. The molecule has 0 bridgehead atoms. The molecule has 0 heterocycles. The SMILES string of the molecule is C=CC[C@H](O)C[C@H](C[C@@H](CCCCCCCCC)OC)O[Si](C)(C)C(C)(C)C. The van der Waals surface area contributed by atoms with Gasteiger partial charge in [0.05, 0.1) is 12.2 Å². The molecule has 4 heteroatoms. The van der Waals surface area contributed by atoms with E-state index in [0.29, 0.717) is 12.8 Å². The van der Waals surface area contributed by atoms with Crippen LogP contribution in [0.5, 0.6) is 0 Å². The van der Waals surface area contributed by atoms with Crippen LogP contribution in [0.4, 0.5) is 0 Å². The molecule has 0 aliphatic carbocycles. The lowest BCUT2D eigenvalue weighted by atomic mass is 9.99. The van der Waals surface area contributed by atoms with Crippen molar-refractivity contribution in [2.24, 2.45) is 0 Å². The molecule has 0 aromatic carbocycles. The van der Waals surface area contributed by atoms with Crippen LogP contribution < -0.4 is 0 Å². The largest absolute Gasteiger partial charge is 0.414 e. The van der Waals surface area contributed by atoms with Crippen LogP contribution in [0.25, 0.3) is 0 Å². The number of aliphatic hydroxyl groups excluding tert-OH is 1. The van der Waals surface area contributed by atoms with E-state index in [0.717, 1.165) is 12.8 Å². The van der Waals surface area contributed by atoms with Crippen LogP contribution in [0.2, 0.25) is 18.1 Å². The van der Waals surface area contributed by atoms with Crippen LogP contribution in [0, 0.1) is 0 Å². The van der Waals surface area contributed by atoms with E-state index in [1.54, 1.807) is 6.08 Å². The lowest BCUT2D eigenvalue weighted by Crippen LogP contribution is -2.45. The van der Waals surface area contributed by atoms with E-state index in [1.165, 1.54) is 44.9 Å². The third-order valence-electron chi connectivity index (χ3n) is 6.23. The molecule has 0 aromatic rings. The Balaban J connectivity index is 4.68. The zero-order valence-corrected chi connectivity index (χ0v) is 21.1. The Bertz CT molecular complexity index is 390. The third kappa shape index (κ3) is 12.4. The lowest BCUT2D eigenvalue weighted by molar-refractivity contribution is 0.0215. The van der Waals surface area contributed by atoms with E-state index >= 15 is 0 Å². The Kier molecular flexibility index (Phi) is 14.7. The van der Waals surface area contributed by atoms with Crippen LogP contribution in [0.1, 0.15) is 98.3 Å². The Morgan fingerprint density at radius 3 is 2.04 bits per heavy atom. The van der Waals surface area contributed by atoms with Crippen molar-refractivity contribution in [2.75, 3.05) is 7.11 Å². The molecule has 0 fully saturated rings. The highest BCUT2D eigenvalue weighted by Gasteiger charge is 2.39. The number of ether oxygens (including phenoxy) is 1. The first kappa shape index (κ1) is 27.8. The summed E-state index contributed by atoms with van der Waals surface area (Å²) in [6.07, 6.45) is 14.1. The fourth-order valence-corrected chi connectivity index (χ4v) is 4.71. The van der Waals surface area contributed by atoms with Crippen LogP contribution in [-0.2, 0) is 9.16 Å². The number of hydrogen-bond donors (Lipinski definition) is 1. The molecule has 3 nitrogen and oxygen atoms in total. The van der Waals surface area contributed by atoms with Gasteiger partial charge in [0.15, 0.2) is 8.32 Å². The van der Waals surface area contributed by atoms with E-state index in [-0.39, 0.29) is 23.4 Å². The Labute approximate surface area is 177 Å². The number of aliphatic hydroxyl groups is 1. The summed E-state index contributed by atoms with van der Waals surface area (Å²) in [5.74, 6) is 0. The van der Waals surface area contributed by atoms with Gasteiger partial charge in [-0.2, -0.15) is 0 Å². The highest BCUT2D eigenvalue weighted by atomic mass is 28.4. The van der Waals surface area contributed by atoms with Crippen LogP contribution >= 0.6 is 0 Å². The van der Waals surface area contributed by atoms with E-state index < -0.39 is 8.32 Å². The predicted octanol–water partition coefficient (Wildman–Crippen LogP) is 7.25. The smallest absolute Gasteiger partial charge is 0.192 e. The summed E-state index contributed by atoms with van der Waals surface area (Å²) < 4.78 is 12.5. The normalized spacial score (nSPS) is 16.0. The highest BCUT2D eigenvalue weighted by Crippen LogP contribution is 2.38. The van der Waals surface area contributed by atoms with Gasteiger partial charge in [-0.1, -0.05) is 78.7 Å². The Morgan fingerprint density at radius 1 is 0.964 bits per heavy atom. The topological polar surface area (TPSA) is 38.7 Å². The number of unbranched alkanes of at least 4 members (excludes halogenated alkanes) is 6. The number of hydrogen-bond acceptors (Lipinski definition) is 3. The van der Waals surface area contributed by atoms with Gasteiger partial charge in [0.25, 0.3) is 0 Å². The standard InChI is InChI=1S/C24H50O3Si/c1-9-11-12-13-14-15-16-18-22(26-6)20-23(19-21(25)17-10-2)27-28(7,8)24(3,4)5/h10,21-23,25H,2,9,11-20H2,1,3-8H3/t21-,22+,23+/m0/s1. The number of methoxy groups -OCH3 is 1. The van der Waals surface area contributed by atoms with Crippen LogP contribution in [-0.4, -0.2) is 38.8 Å². The molecule has 0 radical (unpaired) electrons. The third-order valence-corrected chi connectivity index (χ3v) is 10.8. The maximum Gasteiger partial charge on any atom is 0.192 e. The van der Waals surface area contributed by atoms with E-state index in [4.69, 9.17) is 9.16 Å². The minimum Gasteiger partial charge on any atom is -0.414 e. The monoisotopic (exact) mass is 414 g/mol. The van der Waals surface area contributed by atoms with Crippen LogP contribution in [0.15, 0.2) is 12.7 Å². The molecular weight excluding hydrogens is 364 g/mol. The summed E-state index contributed by atoms with van der Waals surface area (Å²) in [7, 11) is -0.0717. The molecule has 28 heavy (non-hydrogen) atoms. The molecule has 1 N–H and O–H groups in total. The molecule has 0 unspecified atom stereocenters. The first-order valence-electron chi connectivity index (χ1n) is 11.6. The van der Waals surface area contributed by atoms with Gasteiger partial charge in [0.2, 0.25) is 0 Å². The quantitative estimate of drug-likeness (QED) is 0.155. The predicted molar refractivity (Wildman–Crippen MR) is 126 cm³/mol. The van der Waals surface area contributed by atoms with Gasteiger partial charge in [-0.25, -0.2) is 0 Å². The molecule has 0 aliphatic rings. The second-order valence-corrected chi connectivity index (χ2v) is 14.7. The Hall–Kier alpha value is -0.163. The zero-order valence-electron chi connectivity index (χ0n) is 20.1. The molecule has 0 saturated heterocycles. The average molecular weight is 415 g/mol. The molecule has 0 amide bonds. The molecule has 0 saturated carbocycles. The van der Waals surface area contributed by atoms with Crippen LogP contribution in [0.3, 0.4) is 0 Å². The van der Waals surface area contributed by atoms with E-state index in [1.807, 2.05) is 7.11 Å². The van der Waals surface area contributed by atoms with Crippen molar-refractivity contribution in [1.82, 2.24) is 0 Å². The minimum absolute atomic E-state index is 0.0466. The second-order valence-electron chi connectivity index (χ2n) is 9.92. The van der Waals surface area contributed by atoms with Gasteiger partial charge in [-0.05, 0) is 43.8 Å². The first-order chi connectivity index (χ1) is 13.1. The van der Waals surface area contributed by atoms with Gasteiger partial charge < -0.3 is 14.3 Å². The molecular formula is C24H50O3Si. The summed E-state index contributed by atoms with van der Waals surface area (Å²) in [5.41, 5.74) is 0. The van der Waals surface area contributed by atoms with Crippen molar-refractivity contribution in [2.45, 2.75) is 135 Å². The second kappa shape index (κ2) is 14.8. The summed E-state index contributed by atoms with van der Waals surface area (Å²) in [5, 5.41) is 10.5. The van der Waals surface area contributed by atoms with Crippen molar-refractivity contribution < 1.29 is 14.3 Å². The van der Waals surface area contributed by atoms with E-state index in [2.05, 4.69) is 47.4 Å². The molecule has 0 aromatic heterocycles. The maximum atomic E-state index is 10.3. The minimum atomic E-state index is -1.89. The van der Waals surface area contributed by atoms with E-state index in [9.17, 15) is 5.11 Å². The number of rotatable bonds is 17. The van der Waals surface area contributed by atoms with Gasteiger partial charge in [-0.15, -0.1) is 6.58 Å². The highest BCUT2D eigenvalue weighted by molar-refractivity contribution is 6.74.